The summed E-state index contributed by atoms with van der Waals surface area (Å²) in [6.45, 7) is 0.365. The lowest BCUT2D eigenvalue weighted by Gasteiger charge is -2.08. The lowest BCUT2D eigenvalue weighted by molar-refractivity contribution is -0.137. The third-order valence-corrected chi connectivity index (χ3v) is 3.05. The van der Waals surface area contributed by atoms with Gasteiger partial charge in [0.1, 0.15) is 0 Å². The van der Waals surface area contributed by atoms with Crippen molar-refractivity contribution in [1.29, 1.82) is 0 Å². The van der Waals surface area contributed by atoms with Crippen molar-refractivity contribution in [3.8, 4) is 11.6 Å². The maximum atomic E-state index is 12.5. The number of nitrogens with zero attached hydrogens (tertiary/aromatic N) is 1. The van der Waals surface area contributed by atoms with Gasteiger partial charge in [-0.2, -0.15) is 13.2 Å². The first-order chi connectivity index (χ1) is 9.84. The van der Waals surface area contributed by atoms with E-state index in [2.05, 4.69) is 5.10 Å². The van der Waals surface area contributed by atoms with Gasteiger partial charge in [-0.15, -0.1) is 0 Å². The third-order valence-electron chi connectivity index (χ3n) is 3.05. The van der Waals surface area contributed by atoms with Crippen molar-refractivity contribution in [1.82, 2.24) is 9.78 Å². The van der Waals surface area contributed by atoms with E-state index in [1.165, 1.54) is 12.1 Å². The Morgan fingerprint density at radius 3 is 2.38 bits per heavy atom. The molecule has 5 nitrogen and oxygen atoms in total. The zero-order chi connectivity index (χ0) is 15.6. The monoisotopic (exact) mass is 301 g/mol. The van der Waals surface area contributed by atoms with Crippen molar-refractivity contribution >= 4 is 0 Å². The summed E-state index contributed by atoms with van der Waals surface area (Å²) in [4.78, 5) is 11.7. The molecule has 4 N–H and O–H groups in total. The van der Waals surface area contributed by atoms with Gasteiger partial charge in [0, 0.05) is 0 Å². The summed E-state index contributed by atoms with van der Waals surface area (Å²) < 4.78 is 38.5. The highest BCUT2D eigenvalue weighted by Crippen LogP contribution is 2.30. The second kappa shape index (κ2) is 5.65. The van der Waals surface area contributed by atoms with Gasteiger partial charge in [0.25, 0.3) is 5.56 Å². The highest BCUT2D eigenvalue weighted by atomic mass is 19.4. The van der Waals surface area contributed by atoms with Gasteiger partial charge in [-0.25, -0.2) is 4.68 Å². The summed E-state index contributed by atoms with van der Waals surface area (Å²) in [7, 11) is 0. The van der Waals surface area contributed by atoms with Crippen LogP contribution in [0.25, 0.3) is 5.69 Å². The number of halogens is 3. The van der Waals surface area contributed by atoms with Crippen molar-refractivity contribution in [2.45, 2.75) is 19.0 Å². The van der Waals surface area contributed by atoms with Gasteiger partial charge >= 0.3 is 6.18 Å². The lowest BCUT2D eigenvalue weighted by atomic mass is 10.2. The molecule has 0 aliphatic rings. The molecular formula is C13H14F3N3O2. The normalized spacial score (nSPS) is 11.8. The first kappa shape index (κ1) is 15.2. The predicted octanol–water partition coefficient (Wildman–Crippen LogP) is 1.78. The van der Waals surface area contributed by atoms with E-state index < -0.39 is 17.3 Å². The number of hydrogen-bond donors (Lipinski definition) is 3. The fourth-order valence-electron chi connectivity index (χ4n) is 1.95. The number of alkyl halides is 3. The van der Waals surface area contributed by atoms with Gasteiger partial charge in [-0.1, -0.05) is 0 Å². The molecule has 8 heteroatoms. The molecule has 0 amide bonds. The van der Waals surface area contributed by atoms with Gasteiger partial charge in [-0.05, 0) is 43.7 Å². The van der Waals surface area contributed by atoms with Gasteiger partial charge < -0.3 is 10.8 Å². The summed E-state index contributed by atoms with van der Waals surface area (Å²) in [5.41, 5.74) is 4.46. The van der Waals surface area contributed by atoms with Crippen molar-refractivity contribution in [2.24, 2.45) is 5.73 Å². The van der Waals surface area contributed by atoms with Crippen LogP contribution in [0.1, 0.15) is 17.5 Å². The van der Waals surface area contributed by atoms with Gasteiger partial charge in [0.05, 0.1) is 16.8 Å². The Balaban J connectivity index is 2.37. The molecule has 0 aliphatic carbocycles. The summed E-state index contributed by atoms with van der Waals surface area (Å²) in [5.74, 6) is -0.312. The second-order valence-corrected chi connectivity index (χ2v) is 4.52. The predicted molar refractivity (Wildman–Crippen MR) is 70.4 cm³/mol. The summed E-state index contributed by atoms with van der Waals surface area (Å²) in [5, 5.41) is 12.4. The summed E-state index contributed by atoms with van der Waals surface area (Å²) in [6.07, 6.45) is -3.62. The van der Waals surface area contributed by atoms with E-state index in [1.54, 1.807) is 0 Å². The summed E-state index contributed by atoms with van der Waals surface area (Å²) in [6, 6.07) is 4.11. The Labute approximate surface area is 117 Å². The van der Waals surface area contributed by atoms with E-state index >= 15 is 0 Å². The van der Waals surface area contributed by atoms with Gasteiger partial charge in [0.15, 0.2) is 0 Å². The smallest absolute Gasteiger partial charge is 0.416 e. The number of nitrogens with two attached hydrogens (primary N) is 1. The minimum atomic E-state index is -4.43. The fraction of sp³-hybridized carbons (Fsp3) is 0.308. The van der Waals surface area contributed by atoms with Crippen LogP contribution in [0.4, 0.5) is 13.2 Å². The molecule has 0 unspecified atom stereocenters. The molecule has 0 bridgehead atoms. The largest absolute Gasteiger partial charge is 0.493 e. The molecule has 0 saturated carbocycles. The molecule has 2 rings (SSSR count). The van der Waals surface area contributed by atoms with Gasteiger partial charge in [-0.3, -0.25) is 9.89 Å². The first-order valence-corrected chi connectivity index (χ1v) is 6.25. The topological polar surface area (TPSA) is 84.0 Å². The number of aromatic hydroxyl groups is 1. The van der Waals surface area contributed by atoms with Crippen LogP contribution < -0.4 is 11.3 Å². The molecule has 0 fully saturated rings. The number of aromatic amines is 1. The molecule has 2 aromatic rings. The Morgan fingerprint density at radius 2 is 1.86 bits per heavy atom. The maximum absolute atomic E-state index is 12.5. The zero-order valence-corrected chi connectivity index (χ0v) is 10.9. The Hall–Kier alpha value is -2.22. The Bertz CT molecular complexity index is 671. The highest BCUT2D eigenvalue weighted by Gasteiger charge is 2.30. The van der Waals surface area contributed by atoms with E-state index in [-0.39, 0.29) is 17.1 Å². The van der Waals surface area contributed by atoms with Crippen LogP contribution in [0.5, 0.6) is 5.88 Å². The molecule has 1 aromatic carbocycles. The van der Waals surface area contributed by atoms with Crippen LogP contribution in [0.15, 0.2) is 29.1 Å². The quantitative estimate of drug-likeness (QED) is 0.805. The molecule has 0 radical (unpaired) electrons. The second-order valence-electron chi connectivity index (χ2n) is 4.52. The van der Waals surface area contributed by atoms with Crippen LogP contribution in [-0.4, -0.2) is 21.4 Å². The minimum absolute atomic E-state index is 0.167. The third kappa shape index (κ3) is 3.10. The number of rotatable bonds is 4. The number of hydrogen-bond acceptors (Lipinski definition) is 3. The molecule has 114 valence electrons. The average Bonchev–Trinajstić information content (AvgIpc) is 2.71. The highest BCUT2D eigenvalue weighted by molar-refractivity contribution is 5.40. The molecule has 21 heavy (non-hydrogen) atoms. The van der Waals surface area contributed by atoms with Crippen LogP contribution in [0.2, 0.25) is 0 Å². The van der Waals surface area contributed by atoms with Crippen LogP contribution in [-0.2, 0) is 12.6 Å². The van der Waals surface area contributed by atoms with Gasteiger partial charge in [0.2, 0.25) is 5.88 Å². The zero-order valence-electron chi connectivity index (χ0n) is 10.9. The van der Waals surface area contributed by atoms with E-state index in [4.69, 9.17) is 5.73 Å². The Morgan fingerprint density at radius 1 is 1.24 bits per heavy atom. The van der Waals surface area contributed by atoms with Crippen LogP contribution in [0, 0.1) is 0 Å². The molecule has 1 heterocycles. The Kier molecular flexibility index (Phi) is 4.08. The van der Waals surface area contributed by atoms with Crippen molar-refractivity contribution in [3.63, 3.8) is 0 Å². The number of benzene rings is 1. The van der Waals surface area contributed by atoms with E-state index in [0.29, 0.717) is 19.4 Å². The standard InChI is InChI=1S/C13H14F3N3O2/c14-13(15,16)8-3-5-9(6-4-8)19-12(21)10(2-1-7-17)11(20)18-19/h3-6,21H,1-2,7,17H2,(H,18,20). The van der Waals surface area contributed by atoms with Crippen molar-refractivity contribution < 1.29 is 18.3 Å². The van der Waals surface area contributed by atoms with E-state index in [1.807, 2.05) is 0 Å². The summed E-state index contributed by atoms with van der Waals surface area (Å²) >= 11 is 0. The minimum Gasteiger partial charge on any atom is -0.493 e. The number of H-pyrrole nitrogens is 1. The molecule has 0 spiro atoms. The number of nitrogens with one attached hydrogen (secondary N) is 1. The molecule has 0 saturated heterocycles. The van der Waals surface area contributed by atoms with E-state index in [0.717, 1.165) is 16.8 Å². The molecule has 1 aromatic heterocycles. The molecule has 0 aliphatic heterocycles. The van der Waals surface area contributed by atoms with E-state index in [9.17, 15) is 23.1 Å². The van der Waals surface area contributed by atoms with Crippen molar-refractivity contribution in [2.75, 3.05) is 6.54 Å². The fourth-order valence-corrected chi connectivity index (χ4v) is 1.95. The SMILES string of the molecule is NCCCc1c(O)n(-c2ccc(C(F)(F)F)cc2)[nH]c1=O. The molecular weight excluding hydrogens is 287 g/mol. The average molecular weight is 301 g/mol. The maximum Gasteiger partial charge on any atom is 0.416 e. The lowest BCUT2D eigenvalue weighted by Crippen LogP contribution is -2.09. The first-order valence-electron chi connectivity index (χ1n) is 6.25. The number of aromatic nitrogens is 2. The van der Waals surface area contributed by atoms with Crippen LogP contribution >= 0.6 is 0 Å². The van der Waals surface area contributed by atoms with Crippen LogP contribution in [0.3, 0.4) is 0 Å². The van der Waals surface area contributed by atoms with Crippen molar-refractivity contribution in [3.05, 3.63) is 45.7 Å². The molecule has 0 atom stereocenters.